The summed E-state index contributed by atoms with van der Waals surface area (Å²) in [5, 5.41) is 3.61. The number of benzene rings is 1. The third-order valence-corrected chi connectivity index (χ3v) is 6.36. The van der Waals surface area contributed by atoms with Crippen molar-refractivity contribution in [2.45, 2.75) is 30.7 Å². The minimum atomic E-state index is -0.266. The molecule has 0 aromatic heterocycles. The largest absolute Gasteiger partial charge is 0.504 e. The average molecular weight is 342 g/mol. The van der Waals surface area contributed by atoms with E-state index in [0.29, 0.717) is 11.6 Å². The minimum absolute atomic E-state index is 0.156. The Labute approximate surface area is 149 Å². The van der Waals surface area contributed by atoms with Gasteiger partial charge in [-0.3, -0.25) is 4.90 Å². The number of nitrogens with zero attached hydrogens (tertiary/aromatic N) is 1. The minimum Gasteiger partial charge on any atom is -0.504 e. The summed E-state index contributed by atoms with van der Waals surface area (Å²) in [6.45, 7) is 3.15. The number of piperidine rings is 1. The second kappa shape index (κ2) is 6.37. The highest BCUT2D eigenvalue weighted by molar-refractivity contribution is 5.88. The maximum atomic E-state index is 12.2. The third kappa shape index (κ3) is 2.53. The predicted octanol–water partition coefficient (Wildman–Crippen LogP) is 2.54. The number of hydrogen-bond donors (Lipinski definition) is 1. The number of carbonyl (C=O) groups is 1. The molecule has 5 nitrogen and oxygen atoms in total. The molecular weight excluding hydrogens is 316 g/mol. The summed E-state index contributed by atoms with van der Waals surface area (Å²) in [4.78, 5) is 14.8. The lowest BCUT2D eigenvalue weighted by Crippen LogP contribution is -2.49. The SMILES string of the molecule is COC=C(C(=O)OC)[C@H]1CCN2CC[C@]3(CNc4ccccc43)[C@@H]2C1. The third-order valence-electron chi connectivity index (χ3n) is 6.36. The van der Waals surface area contributed by atoms with Crippen molar-refractivity contribution in [1.82, 2.24) is 4.90 Å². The Hall–Kier alpha value is -2.01. The van der Waals surface area contributed by atoms with Crippen molar-refractivity contribution in [3.63, 3.8) is 0 Å². The molecule has 0 bridgehead atoms. The smallest absolute Gasteiger partial charge is 0.337 e. The number of hydrogen-bond acceptors (Lipinski definition) is 5. The predicted molar refractivity (Wildman–Crippen MR) is 96.4 cm³/mol. The molecule has 2 saturated heterocycles. The van der Waals surface area contributed by atoms with Crippen LogP contribution in [0.25, 0.3) is 0 Å². The first-order valence-corrected chi connectivity index (χ1v) is 9.08. The van der Waals surface area contributed by atoms with Crippen LogP contribution in [0.4, 0.5) is 5.69 Å². The van der Waals surface area contributed by atoms with E-state index in [-0.39, 0.29) is 17.3 Å². The van der Waals surface area contributed by atoms with Gasteiger partial charge in [-0.2, -0.15) is 0 Å². The van der Waals surface area contributed by atoms with E-state index in [0.717, 1.165) is 32.5 Å². The summed E-state index contributed by atoms with van der Waals surface area (Å²) in [5.41, 5.74) is 3.54. The van der Waals surface area contributed by atoms with Gasteiger partial charge in [0.05, 0.1) is 26.1 Å². The highest BCUT2D eigenvalue weighted by atomic mass is 16.5. The molecule has 3 heterocycles. The van der Waals surface area contributed by atoms with Gasteiger partial charge in [0, 0.05) is 23.7 Å². The molecule has 3 aliphatic rings. The Morgan fingerprint density at radius 2 is 2.16 bits per heavy atom. The molecular formula is C20H26N2O3. The van der Waals surface area contributed by atoms with Crippen LogP contribution < -0.4 is 5.32 Å². The first kappa shape index (κ1) is 16.5. The molecule has 0 aliphatic carbocycles. The fourth-order valence-electron chi connectivity index (χ4n) is 5.14. The van der Waals surface area contributed by atoms with E-state index in [9.17, 15) is 4.79 Å². The van der Waals surface area contributed by atoms with Crippen LogP contribution in [0, 0.1) is 5.92 Å². The highest BCUT2D eigenvalue weighted by Crippen LogP contribution is 2.51. The zero-order chi connectivity index (χ0) is 17.4. The lowest BCUT2D eigenvalue weighted by atomic mass is 9.70. The average Bonchev–Trinajstić information content (AvgIpc) is 3.22. The number of ether oxygens (including phenoxy) is 2. The molecule has 0 unspecified atom stereocenters. The first-order valence-electron chi connectivity index (χ1n) is 9.08. The van der Waals surface area contributed by atoms with Crippen molar-refractivity contribution < 1.29 is 14.3 Å². The normalized spacial score (nSPS) is 31.4. The lowest BCUT2D eigenvalue weighted by Gasteiger charge is -2.42. The van der Waals surface area contributed by atoms with E-state index in [2.05, 4.69) is 34.5 Å². The number of rotatable bonds is 3. The van der Waals surface area contributed by atoms with Gasteiger partial charge in [0.15, 0.2) is 0 Å². The van der Waals surface area contributed by atoms with Crippen molar-refractivity contribution >= 4 is 11.7 Å². The molecule has 4 rings (SSSR count). The molecule has 0 radical (unpaired) electrons. The molecule has 1 N–H and O–H groups in total. The van der Waals surface area contributed by atoms with Gasteiger partial charge in [-0.15, -0.1) is 0 Å². The Morgan fingerprint density at radius 1 is 1.32 bits per heavy atom. The van der Waals surface area contributed by atoms with Crippen LogP contribution in [0.3, 0.4) is 0 Å². The van der Waals surface area contributed by atoms with E-state index in [4.69, 9.17) is 9.47 Å². The number of fused-ring (bicyclic) bond motifs is 4. The van der Waals surface area contributed by atoms with Crippen molar-refractivity contribution in [1.29, 1.82) is 0 Å². The zero-order valence-corrected chi connectivity index (χ0v) is 15.0. The van der Waals surface area contributed by atoms with Gasteiger partial charge >= 0.3 is 5.97 Å². The van der Waals surface area contributed by atoms with Crippen molar-refractivity contribution in [2.75, 3.05) is 39.2 Å². The number of methoxy groups -OCH3 is 2. The number of esters is 1. The van der Waals surface area contributed by atoms with Crippen LogP contribution in [-0.2, 0) is 19.7 Å². The molecule has 3 aliphatic heterocycles. The number of carbonyl (C=O) groups excluding carboxylic acids is 1. The van der Waals surface area contributed by atoms with E-state index in [1.54, 1.807) is 13.4 Å². The van der Waals surface area contributed by atoms with Crippen molar-refractivity contribution in [3.05, 3.63) is 41.7 Å². The molecule has 2 fully saturated rings. The maximum Gasteiger partial charge on any atom is 0.337 e. The standard InChI is InChI=1S/C20H26N2O3/c1-24-12-15(19(23)25-2)14-7-9-22-10-8-20(18(22)11-14)13-21-17-6-4-3-5-16(17)20/h3-6,12,14,18,21H,7-11,13H2,1-2H3/t14-,18-,20+/m0/s1. The fraction of sp³-hybridized carbons (Fsp3) is 0.550. The summed E-state index contributed by atoms with van der Waals surface area (Å²) in [6, 6.07) is 9.14. The molecule has 1 aromatic rings. The Morgan fingerprint density at radius 3 is 2.96 bits per heavy atom. The topological polar surface area (TPSA) is 50.8 Å². The van der Waals surface area contributed by atoms with E-state index >= 15 is 0 Å². The molecule has 1 spiro atoms. The van der Waals surface area contributed by atoms with Gasteiger partial charge in [0.2, 0.25) is 0 Å². The monoisotopic (exact) mass is 342 g/mol. The molecule has 0 saturated carbocycles. The van der Waals surface area contributed by atoms with Crippen LogP contribution in [-0.4, -0.2) is 50.8 Å². The van der Waals surface area contributed by atoms with Crippen LogP contribution in [0.1, 0.15) is 24.8 Å². The Kier molecular flexibility index (Phi) is 4.20. The second-order valence-corrected chi connectivity index (χ2v) is 7.38. The fourth-order valence-corrected chi connectivity index (χ4v) is 5.14. The second-order valence-electron chi connectivity index (χ2n) is 7.38. The summed E-state index contributed by atoms with van der Waals surface area (Å²) >= 11 is 0. The van der Waals surface area contributed by atoms with Crippen molar-refractivity contribution in [3.8, 4) is 0 Å². The molecule has 5 heteroatoms. The van der Waals surface area contributed by atoms with E-state index < -0.39 is 0 Å². The zero-order valence-electron chi connectivity index (χ0n) is 15.0. The summed E-state index contributed by atoms with van der Waals surface area (Å²) in [6.07, 6.45) is 4.71. The van der Waals surface area contributed by atoms with Crippen LogP contribution in [0.5, 0.6) is 0 Å². The first-order chi connectivity index (χ1) is 12.2. The van der Waals surface area contributed by atoms with Crippen molar-refractivity contribution in [2.24, 2.45) is 5.92 Å². The molecule has 25 heavy (non-hydrogen) atoms. The van der Waals surface area contributed by atoms with Gasteiger partial charge in [0.25, 0.3) is 0 Å². The number of para-hydroxylation sites is 1. The van der Waals surface area contributed by atoms with Gasteiger partial charge < -0.3 is 14.8 Å². The maximum absolute atomic E-state index is 12.2. The Bertz CT molecular complexity index is 702. The quantitative estimate of drug-likeness (QED) is 0.520. The number of anilines is 1. The summed E-state index contributed by atoms with van der Waals surface area (Å²) in [7, 11) is 3.03. The van der Waals surface area contributed by atoms with Crippen LogP contribution >= 0.6 is 0 Å². The van der Waals surface area contributed by atoms with Gasteiger partial charge in [-0.25, -0.2) is 4.79 Å². The number of nitrogens with one attached hydrogen (secondary N) is 1. The molecule has 3 atom stereocenters. The van der Waals surface area contributed by atoms with E-state index in [1.807, 2.05) is 0 Å². The van der Waals surface area contributed by atoms with Crippen LogP contribution in [0.15, 0.2) is 36.1 Å². The van der Waals surface area contributed by atoms with Gasteiger partial charge in [-0.05, 0) is 49.9 Å². The molecule has 1 aromatic carbocycles. The Balaban J connectivity index is 1.64. The molecule has 134 valence electrons. The van der Waals surface area contributed by atoms with Gasteiger partial charge in [-0.1, -0.05) is 18.2 Å². The lowest BCUT2D eigenvalue weighted by molar-refractivity contribution is -0.137. The van der Waals surface area contributed by atoms with Gasteiger partial charge in [0.1, 0.15) is 0 Å². The summed E-state index contributed by atoms with van der Waals surface area (Å²) in [5.74, 6) is -0.0753. The van der Waals surface area contributed by atoms with E-state index in [1.165, 1.54) is 24.8 Å². The molecule has 0 amide bonds. The van der Waals surface area contributed by atoms with Crippen LogP contribution in [0.2, 0.25) is 0 Å². The summed E-state index contributed by atoms with van der Waals surface area (Å²) < 4.78 is 10.2. The highest BCUT2D eigenvalue weighted by Gasteiger charge is 2.53.